The van der Waals surface area contributed by atoms with Crippen molar-refractivity contribution in [2.24, 2.45) is 0 Å². The van der Waals surface area contributed by atoms with E-state index in [0.717, 1.165) is 0 Å². The van der Waals surface area contributed by atoms with E-state index in [4.69, 9.17) is 21.1 Å². The molecule has 1 aliphatic heterocycles. The number of hydrogen-bond donors (Lipinski definition) is 1. The van der Waals surface area contributed by atoms with Gasteiger partial charge in [-0.15, -0.1) is 0 Å². The smallest absolute Gasteiger partial charge is 0.300 e. The molecule has 7 nitrogen and oxygen atoms in total. The van der Waals surface area contributed by atoms with Crippen molar-refractivity contribution in [2.75, 3.05) is 19.1 Å². The lowest BCUT2D eigenvalue weighted by atomic mass is 9.95. The van der Waals surface area contributed by atoms with Crippen molar-refractivity contribution in [3.63, 3.8) is 0 Å². The van der Waals surface area contributed by atoms with Gasteiger partial charge in [0.2, 0.25) is 0 Å². The molecule has 1 amide bonds. The number of aromatic nitrogens is 1. The van der Waals surface area contributed by atoms with E-state index in [-0.39, 0.29) is 16.2 Å². The number of halogens is 1. The molecule has 162 valence electrons. The van der Waals surface area contributed by atoms with Gasteiger partial charge in [0.1, 0.15) is 17.3 Å². The first-order valence-corrected chi connectivity index (χ1v) is 10.0. The minimum Gasteiger partial charge on any atom is -0.507 e. The number of nitrogens with zero attached hydrogens (tertiary/aromatic N) is 2. The zero-order chi connectivity index (χ0) is 22.8. The summed E-state index contributed by atoms with van der Waals surface area (Å²) in [5.41, 5.74) is 1.07. The third-order valence-electron chi connectivity index (χ3n) is 5.24. The lowest BCUT2D eigenvalue weighted by molar-refractivity contribution is -0.132. The zero-order valence-electron chi connectivity index (χ0n) is 17.3. The summed E-state index contributed by atoms with van der Waals surface area (Å²) in [5.74, 6) is -1.18. The standard InChI is InChI=1S/C24H19ClN2O5/c1-31-15-7-8-17(25)16(13-15)22(28)20-21(14-9-11-26-12-10-14)27(24(30)23(20)29)18-5-3-4-6-19(18)32-2/h3-13,21,28H,1-2H3/b22-20+. The van der Waals surface area contributed by atoms with Crippen LogP contribution in [0, 0.1) is 0 Å². The lowest BCUT2D eigenvalue weighted by Gasteiger charge is -2.26. The molecule has 2 aromatic carbocycles. The fraction of sp³-hybridized carbons (Fsp3) is 0.125. The van der Waals surface area contributed by atoms with Gasteiger partial charge in [-0.25, -0.2) is 0 Å². The quantitative estimate of drug-likeness (QED) is 0.352. The third kappa shape index (κ3) is 3.56. The van der Waals surface area contributed by atoms with E-state index in [0.29, 0.717) is 22.7 Å². The Morgan fingerprint density at radius 2 is 1.75 bits per heavy atom. The Hall–Kier alpha value is -3.84. The zero-order valence-corrected chi connectivity index (χ0v) is 18.0. The fourth-order valence-corrected chi connectivity index (χ4v) is 3.94. The summed E-state index contributed by atoms with van der Waals surface area (Å²) < 4.78 is 10.6. The Labute approximate surface area is 189 Å². The van der Waals surface area contributed by atoms with Gasteiger partial charge in [-0.3, -0.25) is 19.5 Å². The first-order valence-electron chi connectivity index (χ1n) is 9.65. The Balaban J connectivity index is 1.99. The van der Waals surface area contributed by atoms with Crippen molar-refractivity contribution < 1.29 is 24.2 Å². The second-order valence-corrected chi connectivity index (χ2v) is 7.37. The van der Waals surface area contributed by atoms with Crippen LogP contribution in [0.25, 0.3) is 5.76 Å². The molecule has 8 heteroatoms. The number of hydrogen-bond acceptors (Lipinski definition) is 6. The first-order chi connectivity index (χ1) is 15.5. The minimum absolute atomic E-state index is 0.0951. The Morgan fingerprint density at radius 1 is 1.03 bits per heavy atom. The highest BCUT2D eigenvalue weighted by atomic mass is 35.5. The normalized spacial score (nSPS) is 17.5. The van der Waals surface area contributed by atoms with E-state index >= 15 is 0 Å². The van der Waals surface area contributed by atoms with Crippen molar-refractivity contribution in [1.82, 2.24) is 4.98 Å². The summed E-state index contributed by atoms with van der Waals surface area (Å²) >= 11 is 6.32. The number of Topliss-reactive ketones (excluding diaryl/α,β-unsaturated/α-hetero) is 1. The van der Waals surface area contributed by atoms with Crippen molar-refractivity contribution in [1.29, 1.82) is 0 Å². The van der Waals surface area contributed by atoms with Gasteiger partial charge in [0.25, 0.3) is 11.7 Å². The highest BCUT2D eigenvalue weighted by molar-refractivity contribution is 6.52. The van der Waals surface area contributed by atoms with Gasteiger partial charge >= 0.3 is 0 Å². The lowest BCUT2D eigenvalue weighted by Crippen LogP contribution is -2.29. The first kappa shape index (κ1) is 21.4. The topological polar surface area (TPSA) is 89.0 Å². The molecule has 0 aliphatic carbocycles. The number of ether oxygens (including phenoxy) is 2. The van der Waals surface area contributed by atoms with Crippen LogP contribution in [0.5, 0.6) is 11.5 Å². The van der Waals surface area contributed by atoms with Crippen LogP contribution in [0.4, 0.5) is 5.69 Å². The van der Waals surface area contributed by atoms with Gasteiger partial charge < -0.3 is 14.6 Å². The maximum absolute atomic E-state index is 13.2. The molecule has 1 fully saturated rings. The Morgan fingerprint density at radius 3 is 2.44 bits per heavy atom. The molecule has 0 bridgehead atoms. The van der Waals surface area contributed by atoms with Crippen molar-refractivity contribution in [2.45, 2.75) is 6.04 Å². The molecule has 4 rings (SSSR count). The maximum atomic E-state index is 13.2. The fourth-order valence-electron chi connectivity index (χ4n) is 3.73. The largest absolute Gasteiger partial charge is 0.507 e. The van der Waals surface area contributed by atoms with E-state index in [1.807, 2.05) is 0 Å². The number of aliphatic hydroxyl groups excluding tert-OH is 1. The van der Waals surface area contributed by atoms with Crippen molar-refractivity contribution in [3.8, 4) is 11.5 Å². The second kappa shape index (κ2) is 8.72. The number of carbonyl (C=O) groups is 2. The average Bonchev–Trinajstić information content (AvgIpc) is 3.09. The van der Waals surface area contributed by atoms with Crippen LogP contribution in [0.15, 0.2) is 72.6 Å². The Kier molecular flexibility index (Phi) is 5.83. The summed E-state index contributed by atoms with van der Waals surface area (Å²) in [6.45, 7) is 0. The van der Waals surface area contributed by atoms with Gasteiger partial charge in [-0.1, -0.05) is 23.7 Å². The molecule has 0 saturated carbocycles. The molecule has 32 heavy (non-hydrogen) atoms. The van der Waals surface area contributed by atoms with Gasteiger partial charge in [0.05, 0.1) is 36.5 Å². The van der Waals surface area contributed by atoms with E-state index in [1.54, 1.807) is 60.9 Å². The van der Waals surface area contributed by atoms with Crippen LogP contribution in [0.1, 0.15) is 17.2 Å². The number of ketones is 1. The minimum atomic E-state index is -0.920. The summed E-state index contributed by atoms with van der Waals surface area (Å²) in [6.07, 6.45) is 3.10. The molecule has 1 atom stereocenters. The molecule has 0 radical (unpaired) electrons. The summed E-state index contributed by atoms with van der Waals surface area (Å²) in [6, 6.07) is 14.0. The SMILES string of the molecule is COc1ccc(Cl)c(/C(O)=C2\C(=O)C(=O)N(c3ccccc3OC)C2c2ccncc2)c1. The molecule has 1 unspecified atom stereocenters. The number of anilines is 1. The molecular weight excluding hydrogens is 432 g/mol. The summed E-state index contributed by atoms with van der Waals surface area (Å²) in [4.78, 5) is 31.8. The van der Waals surface area contributed by atoms with Crippen molar-refractivity contribution >= 4 is 34.7 Å². The molecule has 1 saturated heterocycles. The molecular formula is C24H19ClN2O5. The van der Waals surface area contributed by atoms with Gasteiger partial charge in [0.15, 0.2) is 0 Å². The number of carbonyl (C=O) groups excluding carboxylic acids is 2. The van der Waals surface area contributed by atoms with Crippen molar-refractivity contribution in [3.05, 3.63) is 88.7 Å². The predicted molar refractivity (Wildman–Crippen MR) is 120 cm³/mol. The molecule has 1 aliphatic rings. The van der Waals surface area contributed by atoms with E-state index < -0.39 is 23.5 Å². The van der Waals surface area contributed by atoms with Crippen LogP contribution < -0.4 is 14.4 Å². The number of methoxy groups -OCH3 is 2. The summed E-state index contributed by atoms with van der Waals surface area (Å²) in [7, 11) is 2.96. The Bertz CT molecular complexity index is 1230. The van der Waals surface area contributed by atoms with E-state index in [9.17, 15) is 14.7 Å². The van der Waals surface area contributed by atoms with Crippen LogP contribution in [-0.4, -0.2) is 36.0 Å². The number of aliphatic hydroxyl groups is 1. The van der Waals surface area contributed by atoms with Gasteiger partial charge in [-0.2, -0.15) is 0 Å². The monoisotopic (exact) mass is 450 g/mol. The molecule has 1 N–H and O–H groups in total. The average molecular weight is 451 g/mol. The molecule has 2 heterocycles. The number of benzene rings is 2. The van der Waals surface area contributed by atoms with Crippen LogP contribution >= 0.6 is 11.6 Å². The number of rotatable bonds is 5. The van der Waals surface area contributed by atoms with Gasteiger partial charge in [-0.05, 0) is 48.0 Å². The maximum Gasteiger partial charge on any atom is 0.300 e. The second-order valence-electron chi connectivity index (χ2n) is 6.97. The van der Waals surface area contributed by atoms with Crippen LogP contribution in [0.2, 0.25) is 5.02 Å². The van der Waals surface area contributed by atoms with E-state index in [1.165, 1.54) is 25.2 Å². The molecule has 1 aromatic heterocycles. The third-order valence-corrected chi connectivity index (χ3v) is 5.57. The highest BCUT2D eigenvalue weighted by Crippen LogP contribution is 2.45. The molecule has 3 aromatic rings. The summed E-state index contributed by atoms with van der Waals surface area (Å²) in [5, 5.41) is 11.4. The number of para-hydroxylation sites is 2. The molecule has 0 spiro atoms. The number of amides is 1. The number of pyridine rings is 1. The van der Waals surface area contributed by atoms with E-state index in [2.05, 4.69) is 4.98 Å². The van der Waals surface area contributed by atoms with Gasteiger partial charge in [0, 0.05) is 18.0 Å². The highest BCUT2D eigenvalue weighted by Gasteiger charge is 2.47. The van der Waals surface area contributed by atoms with Crippen LogP contribution in [0.3, 0.4) is 0 Å². The predicted octanol–water partition coefficient (Wildman–Crippen LogP) is 4.38. The van der Waals surface area contributed by atoms with Crippen LogP contribution in [-0.2, 0) is 9.59 Å².